The number of carboxylic acids is 1. The SMILES string of the molecule is COc1cccc(N2[C@H]3CCCN(C(=O)CC(C)(C)CC(=O)O)[C@H]3CC2(C)C)c1. The number of rotatable bonds is 6. The van der Waals surface area contributed by atoms with E-state index in [1.807, 2.05) is 30.9 Å². The number of piperidine rings is 1. The Morgan fingerprint density at radius 1 is 1.24 bits per heavy atom. The average molecular weight is 403 g/mol. The first-order valence-electron chi connectivity index (χ1n) is 10.5. The molecule has 1 amide bonds. The number of methoxy groups -OCH3 is 1. The highest BCUT2D eigenvalue weighted by atomic mass is 16.5. The largest absolute Gasteiger partial charge is 0.497 e. The quantitative estimate of drug-likeness (QED) is 0.781. The van der Waals surface area contributed by atoms with E-state index in [2.05, 4.69) is 30.9 Å². The Bertz CT molecular complexity index is 774. The van der Waals surface area contributed by atoms with Gasteiger partial charge >= 0.3 is 5.97 Å². The van der Waals surface area contributed by atoms with Crippen molar-refractivity contribution in [1.29, 1.82) is 0 Å². The Kier molecular flexibility index (Phi) is 5.84. The summed E-state index contributed by atoms with van der Waals surface area (Å²) in [5.41, 5.74) is 0.500. The number of aliphatic carboxylic acids is 1. The van der Waals surface area contributed by atoms with E-state index in [0.29, 0.717) is 0 Å². The molecule has 29 heavy (non-hydrogen) atoms. The lowest BCUT2D eigenvalue weighted by atomic mass is 9.84. The molecular weight excluding hydrogens is 368 g/mol. The van der Waals surface area contributed by atoms with Crippen LogP contribution in [-0.2, 0) is 9.59 Å². The van der Waals surface area contributed by atoms with Crippen LogP contribution in [0.4, 0.5) is 5.69 Å². The van der Waals surface area contributed by atoms with Crippen LogP contribution in [0, 0.1) is 5.41 Å². The molecule has 1 aromatic rings. The van der Waals surface area contributed by atoms with E-state index in [0.717, 1.165) is 37.2 Å². The third kappa shape index (κ3) is 4.51. The number of carbonyl (C=O) groups is 2. The monoisotopic (exact) mass is 402 g/mol. The topological polar surface area (TPSA) is 70.1 Å². The van der Waals surface area contributed by atoms with Gasteiger partial charge in [-0.2, -0.15) is 0 Å². The molecule has 2 saturated heterocycles. The summed E-state index contributed by atoms with van der Waals surface area (Å²) < 4.78 is 5.43. The Labute approximate surface area is 173 Å². The van der Waals surface area contributed by atoms with Gasteiger partial charge in [0.05, 0.1) is 25.6 Å². The molecule has 2 atom stereocenters. The molecule has 2 fully saturated rings. The van der Waals surface area contributed by atoms with E-state index in [4.69, 9.17) is 9.84 Å². The number of anilines is 1. The Morgan fingerprint density at radius 2 is 1.97 bits per heavy atom. The average Bonchev–Trinajstić information content (AvgIpc) is 2.89. The minimum absolute atomic E-state index is 0.00209. The fourth-order valence-electron chi connectivity index (χ4n) is 5.24. The van der Waals surface area contributed by atoms with Crippen molar-refractivity contribution in [2.24, 2.45) is 5.41 Å². The van der Waals surface area contributed by atoms with Crippen LogP contribution in [-0.4, -0.2) is 53.2 Å². The molecule has 1 N–H and O–H groups in total. The Balaban J connectivity index is 1.83. The number of hydrogen-bond acceptors (Lipinski definition) is 4. The maximum absolute atomic E-state index is 13.2. The smallest absolute Gasteiger partial charge is 0.303 e. The van der Waals surface area contributed by atoms with Crippen LogP contribution in [0.5, 0.6) is 5.75 Å². The van der Waals surface area contributed by atoms with Gasteiger partial charge in [0.15, 0.2) is 0 Å². The summed E-state index contributed by atoms with van der Waals surface area (Å²) in [6.07, 6.45) is 3.18. The summed E-state index contributed by atoms with van der Waals surface area (Å²) in [5.74, 6) is 0.0562. The minimum Gasteiger partial charge on any atom is -0.497 e. The van der Waals surface area contributed by atoms with E-state index >= 15 is 0 Å². The predicted octanol–water partition coefficient (Wildman–Crippen LogP) is 3.93. The molecule has 0 bridgehead atoms. The van der Waals surface area contributed by atoms with Gasteiger partial charge in [0, 0.05) is 30.3 Å². The molecule has 0 aromatic heterocycles. The summed E-state index contributed by atoms with van der Waals surface area (Å²) in [4.78, 5) is 28.8. The Morgan fingerprint density at radius 3 is 2.62 bits per heavy atom. The van der Waals surface area contributed by atoms with E-state index in [1.54, 1.807) is 7.11 Å². The normalized spacial score (nSPS) is 23.6. The minimum atomic E-state index is -0.856. The molecule has 2 heterocycles. The fraction of sp³-hybridized carbons (Fsp3) is 0.652. The number of likely N-dealkylation sites (tertiary alicyclic amines) is 1. The number of nitrogens with zero attached hydrogens (tertiary/aromatic N) is 2. The van der Waals surface area contributed by atoms with Crippen LogP contribution < -0.4 is 9.64 Å². The standard InChI is InChI=1S/C23H34N2O4/c1-22(2,15-21(27)28)14-20(26)24-11-7-10-18-19(24)13-23(3,4)25(18)16-8-6-9-17(12-16)29-5/h6,8-9,12,18-19H,7,10-11,13-15H2,1-5H3,(H,27,28)/t18-,19-/m0/s1. The molecule has 1 aromatic carbocycles. The third-order valence-electron chi connectivity index (χ3n) is 6.35. The van der Waals surface area contributed by atoms with Gasteiger partial charge in [-0.3, -0.25) is 9.59 Å². The molecule has 0 unspecified atom stereocenters. The van der Waals surface area contributed by atoms with Gasteiger partial charge in [-0.05, 0) is 50.7 Å². The molecule has 6 nitrogen and oxygen atoms in total. The maximum atomic E-state index is 13.2. The maximum Gasteiger partial charge on any atom is 0.303 e. The molecule has 0 spiro atoms. The van der Waals surface area contributed by atoms with Crippen LogP contribution in [0.1, 0.15) is 59.8 Å². The summed E-state index contributed by atoms with van der Waals surface area (Å²) >= 11 is 0. The molecular formula is C23H34N2O4. The molecule has 2 aliphatic rings. The van der Waals surface area contributed by atoms with E-state index in [-0.39, 0.29) is 36.4 Å². The number of amides is 1. The van der Waals surface area contributed by atoms with Gasteiger partial charge in [-0.25, -0.2) is 0 Å². The van der Waals surface area contributed by atoms with Gasteiger partial charge in [0.1, 0.15) is 5.75 Å². The van der Waals surface area contributed by atoms with Crippen molar-refractivity contribution in [3.8, 4) is 5.75 Å². The van der Waals surface area contributed by atoms with E-state index < -0.39 is 11.4 Å². The van der Waals surface area contributed by atoms with Gasteiger partial charge < -0.3 is 19.6 Å². The van der Waals surface area contributed by atoms with Crippen molar-refractivity contribution in [3.63, 3.8) is 0 Å². The first kappa shape index (κ1) is 21.5. The lowest BCUT2D eigenvalue weighted by Gasteiger charge is -2.43. The molecule has 6 heteroatoms. The van der Waals surface area contributed by atoms with Crippen molar-refractivity contribution >= 4 is 17.6 Å². The molecule has 160 valence electrons. The summed E-state index contributed by atoms with van der Waals surface area (Å²) in [6.45, 7) is 8.96. The fourth-order valence-corrected chi connectivity index (χ4v) is 5.24. The molecule has 2 aliphatic heterocycles. The van der Waals surface area contributed by atoms with E-state index in [1.165, 1.54) is 0 Å². The molecule has 0 aliphatic carbocycles. The van der Waals surface area contributed by atoms with Crippen LogP contribution in [0.3, 0.4) is 0 Å². The summed E-state index contributed by atoms with van der Waals surface area (Å²) in [5, 5.41) is 9.15. The van der Waals surface area contributed by atoms with Crippen LogP contribution in [0.15, 0.2) is 24.3 Å². The number of hydrogen-bond donors (Lipinski definition) is 1. The van der Waals surface area contributed by atoms with Crippen LogP contribution in [0.25, 0.3) is 0 Å². The Hall–Kier alpha value is -2.24. The second-order valence-electron chi connectivity index (χ2n) is 9.86. The van der Waals surface area contributed by atoms with Crippen LogP contribution >= 0.6 is 0 Å². The van der Waals surface area contributed by atoms with Crippen LogP contribution in [0.2, 0.25) is 0 Å². The highest BCUT2D eigenvalue weighted by Crippen LogP contribution is 2.44. The first-order chi connectivity index (χ1) is 13.5. The first-order valence-corrected chi connectivity index (χ1v) is 10.5. The zero-order valence-corrected chi connectivity index (χ0v) is 18.3. The second-order valence-corrected chi connectivity index (χ2v) is 9.86. The molecule has 3 rings (SSSR count). The van der Waals surface area contributed by atoms with Gasteiger partial charge in [-0.1, -0.05) is 19.9 Å². The lowest BCUT2D eigenvalue weighted by molar-refractivity contribution is -0.141. The summed E-state index contributed by atoms with van der Waals surface area (Å²) in [7, 11) is 1.68. The van der Waals surface area contributed by atoms with Crippen molar-refractivity contribution in [2.75, 3.05) is 18.6 Å². The van der Waals surface area contributed by atoms with E-state index in [9.17, 15) is 9.59 Å². The zero-order valence-electron chi connectivity index (χ0n) is 18.3. The third-order valence-corrected chi connectivity index (χ3v) is 6.35. The molecule has 0 radical (unpaired) electrons. The number of carboxylic acid groups (broad SMARTS) is 1. The van der Waals surface area contributed by atoms with Crippen molar-refractivity contribution in [1.82, 2.24) is 4.90 Å². The van der Waals surface area contributed by atoms with Crippen molar-refractivity contribution in [3.05, 3.63) is 24.3 Å². The molecule has 0 saturated carbocycles. The zero-order chi connectivity index (χ0) is 21.4. The highest BCUT2D eigenvalue weighted by molar-refractivity contribution is 5.79. The van der Waals surface area contributed by atoms with Gasteiger partial charge in [0.2, 0.25) is 5.91 Å². The number of benzene rings is 1. The highest BCUT2D eigenvalue weighted by Gasteiger charge is 2.51. The summed E-state index contributed by atoms with van der Waals surface area (Å²) in [6, 6.07) is 8.56. The van der Waals surface area contributed by atoms with Gasteiger partial charge in [0.25, 0.3) is 0 Å². The number of ether oxygens (including phenoxy) is 1. The number of fused-ring (bicyclic) bond motifs is 1. The van der Waals surface area contributed by atoms with Crippen molar-refractivity contribution in [2.45, 2.75) is 77.4 Å². The predicted molar refractivity (Wildman–Crippen MR) is 113 cm³/mol. The second kappa shape index (κ2) is 7.88. The lowest BCUT2D eigenvalue weighted by Crippen LogP contribution is -2.53. The number of carbonyl (C=O) groups excluding carboxylic acids is 1. The van der Waals surface area contributed by atoms with Crippen molar-refractivity contribution < 1.29 is 19.4 Å². The van der Waals surface area contributed by atoms with Gasteiger partial charge in [-0.15, -0.1) is 0 Å².